The van der Waals surface area contributed by atoms with Gasteiger partial charge in [-0.15, -0.1) is 0 Å². The quantitative estimate of drug-likeness (QED) is 0.587. The summed E-state index contributed by atoms with van der Waals surface area (Å²) in [5, 5.41) is 3.19. The Bertz CT molecular complexity index is 929. The fourth-order valence-electron chi connectivity index (χ4n) is 5.33. The maximum atomic E-state index is 13.7. The SMILES string of the molecule is CCCNC(=O)C1(CCCCN2CCC(OC(N)=O)C2)c2ccccc2-c2ccccc21. The summed E-state index contributed by atoms with van der Waals surface area (Å²) in [6.45, 7) is 5.33. The fraction of sp³-hybridized carbons (Fsp3) is 0.462. The summed E-state index contributed by atoms with van der Waals surface area (Å²) in [4.78, 5) is 27.0. The Balaban J connectivity index is 1.50. The van der Waals surface area contributed by atoms with Gasteiger partial charge in [-0.2, -0.15) is 0 Å². The van der Waals surface area contributed by atoms with Gasteiger partial charge in [-0.1, -0.05) is 61.9 Å². The van der Waals surface area contributed by atoms with Crippen LogP contribution in [0.3, 0.4) is 0 Å². The molecule has 1 heterocycles. The lowest BCUT2D eigenvalue weighted by Crippen LogP contribution is -2.44. The second kappa shape index (κ2) is 9.74. The van der Waals surface area contributed by atoms with E-state index in [0.29, 0.717) is 6.54 Å². The number of nitrogens with one attached hydrogen (secondary N) is 1. The first-order valence-corrected chi connectivity index (χ1v) is 11.7. The highest BCUT2D eigenvalue weighted by molar-refractivity contribution is 6.00. The largest absolute Gasteiger partial charge is 0.445 e. The minimum atomic E-state index is -0.699. The number of unbranched alkanes of at least 4 members (excludes halogenated alkanes) is 1. The van der Waals surface area contributed by atoms with Crippen molar-refractivity contribution in [2.24, 2.45) is 5.73 Å². The van der Waals surface area contributed by atoms with Gasteiger partial charge in [0.2, 0.25) is 5.91 Å². The Morgan fingerprint density at radius 1 is 1.09 bits per heavy atom. The predicted molar refractivity (Wildman–Crippen MR) is 125 cm³/mol. The molecule has 0 radical (unpaired) electrons. The van der Waals surface area contributed by atoms with E-state index in [1.165, 1.54) is 11.1 Å². The van der Waals surface area contributed by atoms with Gasteiger partial charge in [-0.3, -0.25) is 9.69 Å². The molecule has 2 aromatic rings. The molecule has 1 fully saturated rings. The molecule has 0 bridgehead atoms. The summed E-state index contributed by atoms with van der Waals surface area (Å²) in [6.07, 6.45) is 3.62. The van der Waals surface area contributed by atoms with Crippen molar-refractivity contribution in [3.8, 4) is 11.1 Å². The summed E-state index contributed by atoms with van der Waals surface area (Å²) in [5.74, 6) is 0.104. The van der Waals surface area contributed by atoms with Gasteiger partial charge in [-0.25, -0.2) is 4.79 Å². The van der Waals surface area contributed by atoms with E-state index in [1.807, 2.05) is 24.3 Å². The lowest BCUT2D eigenvalue weighted by atomic mass is 9.73. The van der Waals surface area contributed by atoms with Crippen LogP contribution in [-0.2, 0) is 14.9 Å². The second-order valence-corrected chi connectivity index (χ2v) is 8.86. The molecule has 0 saturated carbocycles. The van der Waals surface area contributed by atoms with Crippen LogP contribution in [0.25, 0.3) is 11.1 Å². The molecule has 0 aromatic heterocycles. The van der Waals surface area contributed by atoms with Gasteiger partial charge in [0.1, 0.15) is 11.5 Å². The molecule has 2 aromatic carbocycles. The zero-order chi connectivity index (χ0) is 22.6. The van der Waals surface area contributed by atoms with Crippen LogP contribution in [0.1, 0.15) is 50.2 Å². The number of likely N-dealkylation sites (tertiary alicyclic amines) is 1. The van der Waals surface area contributed by atoms with Gasteiger partial charge in [-0.05, 0) is 54.5 Å². The van der Waals surface area contributed by atoms with Crippen LogP contribution in [0.2, 0.25) is 0 Å². The number of hydrogen-bond acceptors (Lipinski definition) is 4. The first-order chi connectivity index (χ1) is 15.6. The van der Waals surface area contributed by atoms with Gasteiger partial charge in [0.05, 0.1) is 0 Å². The molecule has 1 atom stereocenters. The minimum Gasteiger partial charge on any atom is -0.445 e. The summed E-state index contributed by atoms with van der Waals surface area (Å²) in [7, 11) is 0. The van der Waals surface area contributed by atoms with E-state index in [1.54, 1.807) is 0 Å². The monoisotopic (exact) mass is 435 g/mol. The van der Waals surface area contributed by atoms with E-state index in [9.17, 15) is 9.59 Å². The van der Waals surface area contributed by atoms with E-state index in [0.717, 1.165) is 62.9 Å². The third-order valence-electron chi connectivity index (χ3n) is 6.78. The van der Waals surface area contributed by atoms with Gasteiger partial charge in [0.15, 0.2) is 0 Å². The molecule has 4 rings (SSSR count). The lowest BCUT2D eigenvalue weighted by Gasteiger charge is -2.31. The van der Waals surface area contributed by atoms with Gasteiger partial charge >= 0.3 is 6.09 Å². The van der Waals surface area contributed by atoms with Crippen LogP contribution >= 0.6 is 0 Å². The molecule has 2 amide bonds. The molecule has 0 spiro atoms. The van der Waals surface area contributed by atoms with Crippen LogP contribution in [-0.4, -0.2) is 49.2 Å². The summed E-state index contributed by atoms with van der Waals surface area (Å²) < 4.78 is 5.14. The number of benzene rings is 2. The van der Waals surface area contributed by atoms with Crippen LogP contribution in [0.4, 0.5) is 4.79 Å². The van der Waals surface area contributed by atoms with Crippen LogP contribution in [0.5, 0.6) is 0 Å². The van der Waals surface area contributed by atoms with Crippen molar-refractivity contribution in [3.05, 3.63) is 59.7 Å². The number of amides is 2. The van der Waals surface area contributed by atoms with Crippen molar-refractivity contribution in [3.63, 3.8) is 0 Å². The Kier molecular flexibility index (Phi) is 6.80. The third-order valence-corrected chi connectivity index (χ3v) is 6.78. The average Bonchev–Trinajstić information content (AvgIpc) is 3.35. The first kappa shape index (κ1) is 22.3. The highest BCUT2D eigenvalue weighted by atomic mass is 16.6. The summed E-state index contributed by atoms with van der Waals surface area (Å²) in [5.41, 5.74) is 9.07. The average molecular weight is 436 g/mol. The molecule has 3 N–H and O–H groups in total. The number of carbonyl (C=O) groups excluding carboxylic acids is 2. The van der Waals surface area contributed by atoms with E-state index in [2.05, 4.69) is 41.4 Å². The van der Waals surface area contributed by atoms with Crippen molar-refractivity contribution < 1.29 is 14.3 Å². The lowest BCUT2D eigenvalue weighted by molar-refractivity contribution is -0.125. The van der Waals surface area contributed by atoms with Gasteiger partial charge in [0, 0.05) is 19.6 Å². The highest BCUT2D eigenvalue weighted by Crippen LogP contribution is 2.51. The number of nitrogens with zero attached hydrogens (tertiary/aromatic N) is 1. The van der Waals surface area contributed by atoms with Crippen LogP contribution in [0.15, 0.2) is 48.5 Å². The highest BCUT2D eigenvalue weighted by Gasteiger charge is 2.48. The summed E-state index contributed by atoms with van der Waals surface area (Å²) in [6, 6.07) is 16.7. The first-order valence-electron chi connectivity index (χ1n) is 11.7. The molecule has 32 heavy (non-hydrogen) atoms. The number of rotatable bonds is 9. The normalized spacial score (nSPS) is 18.7. The number of nitrogens with two attached hydrogens (primary N) is 1. The van der Waals surface area contributed by atoms with Crippen molar-refractivity contribution in [1.29, 1.82) is 0 Å². The minimum absolute atomic E-state index is 0.104. The van der Waals surface area contributed by atoms with Crippen LogP contribution < -0.4 is 11.1 Å². The Labute approximate surface area is 190 Å². The van der Waals surface area contributed by atoms with Crippen molar-refractivity contribution >= 4 is 12.0 Å². The number of hydrogen-bond donors (Lipinski definition) is 2. The molecule has 2 aliphatic rings. The number of primary amides is 1. The molecule has 170 valence electrons. The fourth-order valence-corrected chi connectivity index (χ4v) is 5.33. The maximum absolute atomic E-state index is 13.7. The zero-order valence-corrected chi connectivity index (χ0v) is 18.8. The van der Waals surface area contributed by atoms with E-state index >= 15 is 0 Å². The Morgan fingerprint density at radius 3 is 2.38 bits per heavy atom. The summed E-state index contributed by atoms with van der Waals surface area (Å²) >= 11 is 0. The molecule has 1 saturated heterocycles. The molecule has 6 nitrogen and oxygen atoms in total. The standard InChI is InChI=1S/C26H33N3O3/c1-2-15-28-24(30)26(14-7-8-16-29-17-13-19(18-29)32-25(27)31)22-11-5-3-9-20(22)21-10-4-6-12-23(21)26/h3-6,9-12,19H,2,7-8,13-18H2,1H3,(H2,27,31)(H,28,30). The van der Waals surface area contributed by atoms with Crippen LogP contribution in [0, 0.1) is 0 Å². The van der Waals surface area contributed by atoms with Gasteiger partial charge in [0.25, 0.3) is 0 Å². The predicted octanol–water partition coefficient (Wildman–Crippen LogP) is 3.82. The molecule has 1 aliphatic heterocycles. The molecule has 1 aliphatic carbocycles. The third kappa shape index (κ3) is 4.24. The smallest absolute Gasteiger partial charge is 0.404 e. The zero-order valence-electron chi connectivity index (χ0n) is 18.8. The second-order valence-electron chi connectivity index (χ2n) is 8.86. The number of ether oxygens (including phenoxy) is 1. The number of fused-ring (bicyclic) bond motifs is 3. The van der Waals surface area contributed by atoms with E-state index in [4.69, 9.17) is 10.5 Å². The number of carbonyl (C=O) groups is 2. The Hall–Kier alpha value is -2.86. The molecular weight excluding hydrogens is 402 g/mol. The van der Waals surface area contributed by atoms with Crippen molar-refractivity contribution in [2.75, 3.05) is 26.2 Å². The molecule has 1 unspecified atom stereocenters. The van der Waals surface area contributed by atoms with Crippen molar-refractivity contribution in [2.45, 2.75) is 50.5 Å². The van der Waals surface area contributed by atoms with Crippen molar-refractivity contribution in [1.82, 2.24) is 10.2 Å². The molecule has 6 heteroatoms. The topological polar surface area (TPSA) is 84.7 Å². The van der Waals surface area contributed by atoms with E-state index in [-0.39, 0.29) is 12.0 Å². The van der Waals surface area contributed by atoms with Gasteiger partial charge < -0.3 is 15.8 Å². The molecular formula is C26H33N3O3. The van der Waals surface area contributed by atoms with E-state index < -0.39 is 11.5 Å². The maximum Gasteiger partial charge on any atom is 0.404 e. The Morgan fingerprint density at radius 2 is 1.75 bits per heavy atom.